The quantitative estimate of drug-likeness (QED) is 0.522. The van der Waals surface area contributed by atoms with Crippen LogP contribution in [0.2, 0.25) is 0 Å². The Morgan fingerprint density at radius 1 is 1.46 bits per heavy atom. The van der Waals surface area contributed by atoms with E-state index in [0.717, 1.165) is 0 Å². The van der Waals surface area contributed by atoms with E-state index in [1.54, 1.807) is 18.3 Å². The molecule has 0 unspecified atom stereocenters. The summed E-state index contributed by atoms with van der Waals surface area (Å²) in [5.74, 6) is 0.591. The fourth-order valence-electron chi connectivity index (χ4n) is 1.09. The smallest absolute Gasteiger partial charge is 0.270 e. The fourth-order valence-corrected chi connectivity index (χ4v) is 1.09. The molecular weight excluding hydrogens is 172 g/mol. The van der Waals surface area contributed by atoms with Gasteiger partial charge in [-0.3, -0.25) is 10.1 Å². The van der Waals surface area contributed by atoms with Crippen LogP contribution in [0.15, 0.2) is 24.4 Å². The van der Waals surface area contributed by atoms with Crippen molar-refractivity contribution in [3.8, 4) is 5.75 Å². The summed E-state index contributed by atoms with van der Waals surface area (Å²) < 4.78 is 0. The average molecular weight is 178 g/mol. The zero-order valence-electron chi connectivity index (χ0n) is 6.56. The van der Waals surface area contributed by atoms with E-state index in [2.05, 4.69) is 5.48 Å². The van der Waals surface area contributed by atoms with Gasteiger partial charge in [-0.15, -0.1) is 0 Å². The van der Waals surface area contributed by atoms with E-state index in [4.69, 9.17) is 4.84 Å². The van der Waals surface area contributed by atoms with Gasteiger partial charge in [0.05, 0.1) is 4.92 Å². The van der Waals surface area contributed by atoms with Crippen molar-refractivity contribution in [2.24, 2.45) is 0 Å². The summed E-state index contributed by atoms with van der Waals surface area (Å²) in [5, 5.41) is 10.4. The standard InChI is InChI=1S/C8H6N2O3/c11-10(12)7-1-2-8-6(5-7)3-4-9-13-8/h1-5,9H. The summed E-state index contributed by atoms with van der Waals surface area (Å²) in [6.07, 6.45) is 3.29. The molecule has 0 saturated carbocycles. The number of nitro groups is 1. The topological polar surface area (TPSA) is 64.4 Å². The number of hydroxylamine groups is 1. The number of hydrogen-bond donors (Lipinski definition) is 1. The molecule has 2 rings (SSSR count). The highest BCUT2D eigenvalue weighted by Gasteiger charge is 2.11. The maximum atomic E-state index is 10.4. The molecule has 1 heterocycles. The van der Waals surface area contributed by atoms with E-state index in [9.17, 15) is 10.1 Å². The summed E-state index contributed by atoms with van der Waals surface area (Å²) in [6.45, 7) is 0. The van der Waals surface area contributed by atoms with E-state index < -0.39 is 4.92 Å². The van der Waals surface area contributed by atoms with Crippen LogP contribution in [0.1, 0.15) is 5.56 Å². The van der Waals surface area contributed by atoms with Crippen molar-refractivity contribution in [1.29, 1.82) is 0 Å². The Labute approximate surface area is 73.7 Å². The Hall–Kier alpha value is -2.04. The minimum atomic E-state index is -0.434. The van der Waals surface area contributed by atoms with Gasteiger partial charge < -0.3 is 4.84 Å². The van der Waals surface area contributed by atoms with Crippen LogP contribution in [-0.4, -0.2) is 4.92 Å². The highest BCUT2D eigenvalue weighted by atomic mass is 16.6. The zero-order valence-corrected chi connectivity index (χ0v) is 6.56. The minimum absolute atomic E-state index is 0.0638. The molecule has 1 aliphatic rings. The monoisotopic (exact) mass is 178 g/mol. The number of hydrogen-bond acceptors (Lipinski definition) is 4. The molecule has 0 aliphatic carbocycles. The first-order valence-corrected chi connectivity index (χ1v) is 3.65. The van der Waals surface area contributed by atoms with Crippen molar-refractivity contribution in [2.45, 2.75) is 0 Å². The van der Waals surface area contributed by atoms with Gasteiger partial charge in [0.1, 0.15) is 0 Å². The highest BCUT2D eigenvalue weighted by Crippen LogP contribution is 2.26. The molecule has 5 nitrogen and oxygen atoms in total. The summed E-state index contributed by atoms with van der Waals surface area (Å²) in [6, 6.07) is 4.43. The van der Waals surface area contributed by atoms with Crippen molar-refractivity contribution < 1.29 is 9.76 Å². The van der Waals surface area contributed by atoms with Crippen LogP contribution in [0.5, 0.6) is 5.75 Å². The van der Waals surface area contributed by atoms with Crippen LogP contribution >= 0.6 is 0 Å². The number of fused-ring (bicyclic) bond motifs is 1. The first-order valence-electron chi connectivity index (χ1n) is 3.65. The highest BCUT2D eigenvalue weighted by molar-refractivity contribution is 5.61. The van der Waals surface area contributed by atoms with E-state index >= 15 is 0 Å². The second-order valence-electron chi connectivity index (χ2n) is 2.53. The van der Waals surface area contributed by atoms with Gasteiger partial charge in [-0.05, 0) is 12.1 Å². The van der Waals surface area contributed by atoms with Gasteiger partial charge in [0.15, 0.2) is 5.75 Å². The molecule has 0 bridgehead atoms. The van der Waals surface area contributed by atoms with Gasteiger partial charge in [-0.2, -0.15) is 0 Å². The molecule has 1 aromatic carbocycles. The Morgan fingerprint density at radius 2 is 2.31 bits per heavy atom. The van der Waals surface area contributed by atoms with Crippen molar-refractivity contribution in [2.75, 3.05) is 0 Å². The fraction of sp³-hybridized carbons (Fsp3) is 0. The van der Waals surface area contributed by atoms with Gasteiger partial charge in [-0.25, -0.2) is 5.48 Å². The lowest BCUT2D eigenvalue weighted by Gasteiger charge is -2.11. The molecule has 1 aromatic rings. The summed E-state index contributed by atoms with van der Waals surface area (Å²) >= 11 is 0. The third kappa shape index (κ3) is 1.31. The number of benzene rings is 1. The second-order valence-corrected chi connectivity index (χ2v) is 2.53. The predicted molar refractivity (Wildman–Crippen MR) is 45.9 cm³/mol. The maximum absolute atomic E-state index is 10.4. The minimum Gasteiger partial charge on any atom is -0.382 e. The van der Waals surface area contributed by atoms with Crippen molar-refractivity contribution in [3.63, 3.8) is 0 Å². The van der Waals surface area contributed by atoms with Gasteiger partial charge in [0, 0.05) is 23.9 Å². The Bertz CT molecular complexity index is 387. The molecule has 0 atom stereocenters. The van der Waals surface area contributed by atoms with E-state index in [0.29, 0.717) is 11.3 Å². The second kappa shape index (κ2) is 2.78. The summed E-state index contributed by atoms with van der Waals surface area (Å²) in [7, 11) is 0. The Kier molecular flexibility index (Phi) is 1.63. The molecule has 0 fully saturated rings. The van der Waals surface area contributed by atoms with Gasteiger partial charge in [0.2, 0.25) is 0 Å². The Balaban J connectivity index is 2.48. The molecule has 5 heteroatoms. The molecule has 1 N–H and O–H groups in total. The molecule has 0 amide bonds. The number of nitrogens with one attached hydrogen (secondary N) is 1. The lowest BCUT2D eigenvalue weighted by Crippen LogP contribution is -2.14. The number of rotatable bonds is 1. The van der Waals surface area contributed by atoms with Gasteiger partial charge >= 0.3 is 0 Å². The van der Waals surface area contributed by atoms with Crippen LogP contribution in [0.25, 0.3) is 6.08 Å². The van der Waals surface area contributed by atoms with Crippen molar-refractivity contribution >= 4 is 11.8 Å². The van der Waals surface area contributed by atoms with Gasteiger partial charge in [-0.1, -0.05) is 0 Å². The normalized spacial score (nSPS) is 12.6. The number of nitro benzene ring substituents is 1. The molecule has 0 saturated heterocycles. The number of nitrogens with zero attached hydrogens (tertiary/aromatic N) is 1. The first-order chi connectivity index (χ1) is 6.27. The summed E-state index contributed by atoms with van der Waals surface area (Å²) in [5.41, 5.74) is 3.30. The molecule has 13 heavy (non-hydrogen) atoms. The largest absolute Gasteiger partial charge is 0.382 e. The van der Waals surface area contributed by atoms with Crippen LogP contribution in [0, 0.1) is 10.1 Å². The van der Waals surface area contributed by atoms with Crippen molar-refractivity contribution in [3.05, 3.63) is 40.1 Å². The third-order valence-electron chi connectivity index (χ3n) is 1.70. The predicted octanol–water partition coefficient (Wildman–Crippen LogP) is 1.46. The molecule has 1 aliphatic heterocycles. The molecule has 0 radical (unpaired) electrons. The zero-order chi connectivity index (χ0) is 9.26. The van der Waals surface area contributed by atoms with E-state index in [1.807, 2.05) is 0 Å². The van der Waals surface area contributed by atoms with Crippen LogP contribution < -0.4 is 10.3 Å². The van der Waals surface area contributed by atoms with Crippen LogP contribution in [-0.2, 0) is 0 Å². The van der Waals surface area contributed by atoms with Gasteiger partial charge in [0.25, 0.3) is 5.69 Å². The van der Waals surface area contributed by atoms with Crippen LogP contribution in [0.4, 0.5) is 5.69 Å². The average Bonchev–Trinajstić information content (AvgIpc) is 2.17. The van der Waals surface area contributed by atoms with E-state index in [-0.39, 0.29) is 5.69 Å². The van der Waals surface area contributed by atoms with Crippen molar-refractivity contribution in [1.82, 2.24) is 5.48 Å². The summed E-state index contributed by atoms with van der Waals surface area (Å²) in [4.78, 5) is 15.0. The molecule has 0 spiro atoms. The molecule has 0 aromatic heterocycles. The molecular formula is C8H6N2O3. The SMILES string of the molecule is O=[N+]([O-])c1ccc2c(c1)C=CNO2. The first kappa shape index (κ1) is 7.60. The maximum Gasteiger partial charge on any atom is 0.270 e. The molecule has 66 valence electrons. The van der Waals surface area contributed by atoms with E-state index in [1.165, 1.54) is 12.1 Å². The Morgan fingerprint density at radius 3 is 3.08 bits per heavy atom. The lowest BCUT2D eigenvalue weighted by molar-refractivity contribution is -0.384. The number of non-ortho nitro benzene ring substituents is 1. The third-order valence-corrected chi connectivity index (χ3v) is 1.70. The lowest BCUT2D eigenvalue weighted by atomic mass is 10.1. The van der Waals surface area contributed by atoms with Crippen LogP contribution in [0.3, 0.4) is 0 Å².